The molecule has 0 aromatic rings. The van der Waals surface area contributed by atoms with Gasteiger partial charge in [0.1, 0.15) is 0 Å². The predicted molar refractivity (Wildman–Crippen MR) is 95.9 cm³/mol. The van der Waals surface area contributed by atoms with Crippen LogP contribution in [-0.2, 0) is 4.79 Å². The Labute approximate surface area is 136 Å². The summed E-state index contributed by atoms with van der Waals surface area (Å²) < 4.78 is 0. The number of ketones is 1. The summed E-state index contributed by atoms with van der Waals surface area (Å²) in [5.41, 5.74) is 2.53. The number of rotatable bonds is 10. The second kappa shape index (κ2) is 10.3. The number of Topliss-reactive ketones (excluding diaryl/α,β-unsaturated/α-hetero) is 1. The normalized spacial score (nSPS) is 15.2. The third-order valence-electron chi connectivity index (χ3n) is 3.71. The molecule has 0 aliphatic heterocycles. The molecule has 0 amide bonds. The van der Waals surface area contributed by atoms with Crippen molar-refractivity contribution >= 4 is 5.78 Å². The largest absolute Gasteiger partial charge is 0.386 e. The minimum atomic E-state index is -0.787. The van der Waals surface area contributed by atoms with Crippen LogP contribution in [0.15, 0.2) is 47.6 Å². The van der Waals surface area contributed by atoms with Gasteiger partial charge in [0.15, 0.2) is 5.78 Å². The summed E-state index contributed by atoms with van der Waals surface area (Å²) in [6, 6.07) is 0. The summed E-state index contributed by atoms with van der Waals surface area (Å²) in [6.07, 6.45) is 11.6. The molecule has 22 heavy (non-hydrogen) atoms. The molecule has 0 unspecified atom stereocenters. The molecule has 0 fully saturated rings. The molecule has 124 valence electrons. The van der Waals surface area contributed by atoms with Gasteiger partial charge in [0.05, 0.1) is 5.60 Å². The molecule has 0 spiro atoms. The molecular formula is C20H32O2. The van der Waals surface area contributed by atoms with Gasteiger partial charge in [-0.2, -0.15) is 0 Å². The van der Waals surface area contributed by atoms with Crippen molar-refractivity contribution in [3.05, 3.63) is 47.6 Å². The van der Waals surface area contributed by atoms with Crippen molar-refractivity contribution in [1.29, 1.82) is 0 Å². The summed E-state index contributed by atoms with van der Waals surface area (Å²) in [6.45, 7) is 13.4. The van der Waals surface area contributed by atoms with Crippen molar-refractivity contribution in [3.63, 3.8) is 0 Å². The smallest absolute Gasteiger partial charge is 0.162 e. The van der Waals surface area contributed by atoms with E-state index in [4.69, 9.17) is 0 Å². The van der Waals surface area contributed by atoms with E-state index >= 15 is 0 Å². The highest BCUT2D eigenvalue weighted by molar-refractivity contribution is 5.95. The first kappa shape index (κ1) is 20.6. The van der Waals surface area contributed by atoms with Crippen LogP contribution in [0.25, 0.3) is 0 Å². The van der Waals surface area contributed by atoms with Crippen molar-refractivity contribution in [3.8, 4) is 0 Å². The quantitative estimate of drug-likeness (QED) is 0.439. The van der Waals surface area contributed by atoms with Crippen molar-refractivity contribution in [2.24, 2.45) is 0 Å². The summed E-state index contributed by atoms with van der Waals surface area (Å²) in [4.78, 5) is 11.9. The predicted octanol–water partition coefficient (Wildman–Crippen LogP) is 5.30. The van der Waals surface area contributed by atoms with Crippen LogP contribution in [0, 0.1) is 0 Å². The average Bonchev–Trinajstić information content (AvgIpc) is 2.44. The molecule has 0 radical (unpaired) electrons. The molecule has 1 N–H and O–H groups in total. The maximum absolute atomic E-state index is 11.9. The first-order valence-corrected chi connectivity index (χ1v) is 8.03. The van der Waals surface area contributed by atoms with Gasteiger partial charge in [-0.3, -0.25) is 4.79 Å². The minimum Gasteiger partial charge on any atom is -0.386 e. The molecule has 0 aliphatic rings. The Balaban J connectivity index is 4.21. The maximum atomic E-state index is 11.9. The van der Waals surface area contributed by atoms with Crippen molar-refractivity contribution in [2.75, 3.05) is 0 Å². The van der Waals surface area contributed by atoms with Gasteiger partial charge in [0.25, 0.3) is 0 Å². The molecule has 2 nitrogen and oxygen atoms in total. The molecule has 0 aromatic heterocycles. The van der Waals surface area contributed by atoms with Gasteiger partial charge in [-0.05, 0) is 65.9 Å². The molecule has 0 rings (SSSR count). The van der Waals surface area contributed by atoms with E-state index in [2.05, 4.69) is 19.6 Å². The first-order chi connectivity index (χ1) is 10.2. The van der Waals surface area contributed by atoms with E-state index in [-0.39, 0.29) is 5.78 Å². The standard InChI is InChI=1S/C20H32O2/c1-7-20(6,22)15-9-11-17(4)10-8-12-18(5)19(21)14-13-16(2)3/h7,11-13,22H,1,8-10,14-15H2,2-6H3/b17-11+,18-12+/t20-/m1/s1. The van der Waals surface area contributed by atoms with E-state index in [1.165, 1.54) is 11.1 Å². The Morgan fingerprint density at radius 3 is 2.27 bits per heavy atom. The van der Waals surface area contributed by atoms with Crippen molar-refractivity contribution < 1.29 is 9.90 Å². The van der Waals surface area contributed by atoms with Gasteiger partial charge in [-0.25, -0.2) is 0 Å². The Morgan fingerprint density at radius 1 is 1.09 bits per heavy atom. The van der Waals surface area contributed by atoms with E-state index in [1.807, 2.05) is 32.9 Å². The zero-order valence-corrected chi connectivity index (χ0v) is 14.9. The van der Waals surface area contributed by atoms with Crippen LogP contribution in [0.1, 0.15) is 66.7 Å². The highest BCUT2D eigenvalue weighted by Gasteiger charge is 2.13. The van der Waals surface area contributed by atoms with E-state index in [0.29, 0.717) is 12.8 Å². The van der Waals surface area contributed by atoms with Crippen LogP contribution in [0.5, 0.6) is 0 Å². The number of aliphatic hydroxyl groups is 1. The second-order valence-corrected chi connectivity index (χ2v) is 6.49. The Kier molecular flexibility index (Phi) is 9.68. The van der Waals surface area contributed by atoms with E-state index in [9.17, 15) is 9.90 Å². The average molecular weight is 304 g/mol. The van der Waals surface area contributed by atoms with Crippen LogP contribution >= 0.6 is 0 Å². The third kappa shape index (κ3) is 10.3. The van der Waals surface area contributed by atoms with Gasteiger partial charge < -0.3 is 5.11 Å². The van der Waals surface area contributed by atoms with Crippen molar-refractivity contribution in [2.45, 2.75) is 72.3 Å². The fourth-order valence-corrected chi connectivity index (χ4v) is 1.90. The molecule has 0 saturated heterocycles. The zero-order valence-electron chi connectivity index (χ0n) is 14.9. The van der Waals surface area contributed by atoms with E-state index < -0.39 is 5.60 Å². The number of allylic oxidation sites excluding steroid dienone is 6. The summed E-state index contributed by atoms with van der Waals surface area (Å²) >= 11 is 0. The van der Waals surface area contributed by atoms with Gasteiger partial charge in [-0.1, -0.05) is 35.5 Å². The Hall–Kier alpha value is -1.41. The van der Waals surface area contributed by atoms with Crippen LogP contribution in [0.3, 0.4) is 0 Å². The maximum Gasteiger partial charge on any atom is 0.162 e. The van der Waals surface area contributed by atoms with Crippen LogP contribution in [-0.4, -0.2) is 16.5 Å². The third-order valence-corrected chi connectivity index (χ3v) is 3.71. The second-order valence-electron chi connectivity index (χ2n) is 6.49. The molecule has 0 bridgehead atoms. The summed E-state index contributed by atoms with van der Waals surface area (Å²) in [7, 11) is 0. The van der Waals surface area contributed by atoms with E-state index in [0.717, 1.165) is 24.8 Å². The minimum absolute atomic E-state index is 0.199. The molecular weight excluding hydrogens is 272 g/mol. The van der Waals surface area contributed by atoms with Crippen LogP contribution in [0.2, 0.25) is 0 Å². The highest BCUT2D eigenvalue weighted by Crippen LogP contribution is 2.16. The lowest BCUT2D eigenvalue weighted by atomic mass is 9.99. The zero-order chi connectivity index (χ0) is 17.2. The van der Waals surface area contributed by atoms with Crippen LogP contribution < -0.4 is 0 Å². The SMILES string of the molecule is C=C[C@@](C)(O)CC/C=C(\C)CC/C=C(\C)C(=O)CC=C(C)C. The monoisotopic (exact) mass is 304 g/mol. The molecule has 0 saturated carbocycles. The van der Waals surface area contributed by atoms with E-state index in [1.54, 1.807) is 13.0 Å². The molecule has 0 heterocycles. The highest BCUT2D eigenvalue weighted by atomic mass is 16.3. The Bertz CT molecular complexity index is 458. The molecule has 0 aliphatic carbocycles. The van der Waals surface area contributed by atoms with Gasteiger partial charge in [0, 0.05) is 6.42 Å². The molecule has 2 heteroatoms. The van der Waals surface area contributed by atoms with Gasteiger partial charge in [-0.15, -0.1) is 6.58 Å². The van der Waals surface area contributed by atoms with Crippen molar-refractivity contribution in [1.82, 2.24) is 0 Å². The van der Waals surface area contributed by atoms with Gasteiger partial charge in [0.2, 0.25) is 0 Å². The first-order valence-electron chi connectivity index (χ1n) is 8.03. The lowest BCUT2D eigenvalue weighted by Gasteiger charge is -2.16. The number of hydrogen-bond donors (Lipinski definition) is 1. The van der Waals surface area contributed by atoms with Crippen LogP contribution in [0.4, 0.5) is 0 Å². The Morgan fingerprint density at radius 2 is 1.73 bits per heavy atom. The number of hydrogen-bond acceptors (Lipinski definition) is 2. The molecule has 0 aromatic carbocycles. The number of carbonyl (C=O) groups excluding carboxylic acids is 1. The summed E-state index contributed by atoms with van der Waals surface area (Å²) in [5.74, 6) is 0.199. The lowest BCUT2D eigenvalue weighted by Crippen LogP contribution is -2.19. The summed E-state index contributed by atoms with van der Waals surface area (Å²) in [5, 5.41) is 9.84. The topological polar surface area (TPSA) is 37.3 Å². The fraction of sp³-hybridized carbons (Fsp3) is 0.550. The lowest BCUT2D eigenvalue weighted by molar-refractivity contribution is -0.114. The fourth-order valence-electron chi connectivity index (χ4n) is 1.90. The number of carbonyl (C=O) groups is 1. The molecule has 1 atom stereocenters. The van der Waals surface area contributed by atoms with Gasteiger partial charge >= 0.3 is 0 Å².